The zero-order chi connectivity index (χ0) is 20.9. The maximum atomic E-state index is 13.0. The number of nitrogens with one attached hydrogen (secondary N) is 2. The van der Waals surface area contributed by atoms with Crippen LogP contribution in [0.4, 0.5) is 29.3 Å². The summed E-state index contributed by atoms with van der Waals surface area (Å²) in [5.41, 5.74) is -3.05. The molecule has 2 heterocycles. The number of hydrogen-bond acceptors (Lipinski definition) is 5. The summed E-state index contributed by atoms with van der Waals surface area (Å²) in [6.07, 6.45) is -4.00. The molecule has 1 aromatic carbocycles. The van der Waals surface area contributed by atoms with Crippen molar-refractivity contribution in [2.75, 3.05) is 18.0 Å². The molecular weight excluding hydrogens is 405 g/mol. The Hall–Kier alpha value is -2.56. The summed E-state index contributed by atoms with van der Waals surface area (Å²) in [6.45, 7) is 2.11. The Labute approximate surface area is 162 Å². The molecule has 0 aromatic heterocycles. The van der Waals surface area contributed by atoms with E-state index in [0.717, 1.165) is 6.07 Å². The first-order valence-electron chi connectivity index (χ1n) is 8.37. The van der Waals surface area contributed by atoms with Gasteiger partial charge in [-0.2, -0.15) is 13.2 Å². The second kappa shape index (κ2) is 6.80. The van der Waals surface area contributed by atoms with Crippen LogP contribution >= 0.6 is 11.6 Å². The monoisotopic (exact) mass is 420 g/mol. The summed E-state index contributed by atoms with van der Waals surface area (Å²) in [4.78, 5) is 35.5. The van der Waals surface area contributed by atoms with Crippen molar-refractivity contribution in [2.45, 2.75) is 31.5 Å². The minimum Gasteiger partial charge on any atom is -0.366 e. The van der Waals surface area contributed by atoms with Crippen molar-refractivity contribution in [3.05, 3.63) is 32.8 Å². The van der Waals surface area contributed by atoms with Crippen molar-refractivity contribution < 1.29 is 27.7 Å². The molecule has 0 bridgehead atoms. The molecule has 2 N–H and O–H groups in total. The Morgan fingerprint density at radius 1 is 1.29 bits per heavy atom. The average molecular weight is 421 g/mol. The van der Waals surface area contributed by atoms with E-state index in [1.807, 2.05) is 0 Å². The number of benzene rings is 1. The zero-order valence-electron chi connectivity index (χ0n) is 14.6. The number of carbonyl (C=O) groups is 2. The van der Waals surface area contributed by atoms with Crippen LogP contribution < -0.4 is 15.5 Å². The number of amides is 3. The van der Waals surface area contributed by atoms with E-state index in [-0.39, 0.29) is 24.7 Å². The van der Waals surface area contributed by atoms with Crippen molar-refractivity contribution in [1.82, 2.24) is 10.6 Å². The van der Waals surface area contributed by atoms with Crippen LogP contribution in [-0.4, -0.2) is 35.5 Å². The predicted octanol–water partition coefficient (Wildman–Crippen LogP) is 3.08. The number of imide groups is 1. The van der Waals surface area contributed by atoms with E-state index in [2.05, 4.69) is 10.6 Å². The molecule has 3 rings (SSSR count). The van der Waals surface area contributed by atoms with E-state index in [1.165, 1.54) is 0 Å². The Bertz CT molecular complexity index is 855. The number of nitro groups is 1. The van der Waals surface area contributed by atoms with E-state index >= 15 is 0 Å². The maximum Gasteiger partial charge on any atom is 0.418 e. The molecule has 2 aliphatic heterocycles. The SMILES string of the molecule is C[C@]1(C2CCN(c3cc(Cl)c(C(F)(F)F)cc3[N+](=O)[O-])CC2)NC(=O)NC1=O. The molecule has 2 aliphatic rings. The van der Waals surface area contributed by atoms with Gasteiger partial charge in [0.1, 0.15) is 11.2 Å². The first-order valence-corrected chi connectivity index (χ1v) is 8.75. The molecule has 28 heavy (non-hydrogen) atoms. The smallest absolute Gasteiger partial charge is 0.366 e. The van der Waals surface area contributed by atoms with E-state index < -0.39 is 44.9 Å². The minimum atomic E-state index is -4.81. The van der Waals surface area contributed by atoms with Crippen LogP contribution in [0.3, 0.4) is 0 Å². The lowest BCUT2D eigenvalue weighted by molar-refractivity contribution is -0.384. The topological polar surface area (TPSA) is 105 Å². The van der Waals surface area contributed by atoms with Crippen molar-refractivity contribution in [3.8, 4) is 0 Å². The summed E-state index contributed by atoms with van der Waals surface area (Å²) in [5, 5.41) is 15.5. The second-order valence-electron chi connectivity index (χ2n) is 6.95. The highest BCUT2D eigenvalue weighted by atomic mass is 35.5. The fraction of sp³-hybridized carbons (Fsp3) is 0.500. The van der Waals surface area contributed by atoms with E-state index in [1.54, 1.807) is 11.8 Å². The molecule has 0 spiro atoms. The van der Waals surface area contributed by atoms with Crippen LogP contribution in [0.2, 0.25) is 5.02 Å². The van der Waals surface area contributed by atoms with Crippen LogP contribution in [0, 0.1) is 16.0 Å². The van der Waals surface area contributed by atoms with Crippen LogP contribution in [0.1, 0.15) is 25.3 Å². The van der Waals surface area contributed by atoms with Gasteiger partial charge in [-0.1, -0.05) is 11.6 Å². The number of alkyl halides is 3. The van der Waals surface area contributed by atoms with Crippen LogP contribution in [0.5, 0.6) is 0 Å². The molecule has 2 saturated heterocycles. The van der Waals surface area contributed by atoms with Gasteiger partial charge in [-0.15, -0.1) is 0 Å². The molecule has 0 aliphatic carbocycles. The number of carbonyl (C=O) groups excluding carboxylic acids is 2. The molecule has 1 atom stereocenters. The molecule has 12 heteroatoms. The number of rotatable bonds is 3. The quantitative estimate of drug-likeness (QED) is 0.444. The number of anilines is 1. The first-order chi connectivity index (χ1) is 12.9. The lowest BCUT2D eigenvalue weighted by Crippen LogP contribution is -2.53. The van der Waals surface area contributed by atoms with E-state index in [9.17, 15) is 32.9 Å². The lowest BCUT2D eigenvalue weighted by Gasteiger charge is -2.39. The van der Waals surface area contributed by atoms with Gasteiger partial charge >= 0.3 is 12.2 Å². The second-order valence-corrected chi connectivity index (χ2v) is 7.35. The number of nitro benzene ring substituents is 1. The van der Waals surface area contributed by atoms with Gasteiger partial charge < -0.3 is 10.2 Å². The highest BCUT2D eigenvalue weighted by molar-refractivity contribution is 6.31. The summed E-state index contributed by atoms with van der Waals surface area (Å²) < 4.78 is 39.0. The summed E-state index contributed by atoms with van der Waals surface area (Å²) in [7, 11) is 0. The normalized spacial score (nSPS) is 23.5. The standard InChI is InChI=1S/C16H16ClF3N4O4/c1-15(13(25)21-14(26)22-15)8-2-4-23(5-3-8)11-7-10(17)9(16(18,19)20)6-12(11)24(27)28/h6-8H,2-5H2,1H3,(H2,21,22,25,26)/t15-/m1/s1. The summed E-state index contributed by atoms with van der Waals surface area (Å²) in [6, 6.07) is 0.810. The van der Waals surface area contributed by atoms with Crippen LogP contribution in [0.15, 0.2) is 12.1 Å². The van der Waals surface area contributed by atoms with Gasteiger partial charge in [-0.3, -0.25) is 20.2 Å². The van der Waals surface area contributed by atoms with Gasteiger partial charge in [0.25, 0.3) is 11.6 Å². The highest BCUT2D eigenvalue weighted by Crippen LogP contribution is 2.43. The third-order valence-electron chi connectivity index (χ3n) is 5.29. The van der Waals surface area contributed by atoms with Gasteiger partial charge in [0.05, 0.1) is 15.5 Å². The molecule has 8 nitrogen and oxygen atoms in total. The van der Waals surface area contributed by atoms with Gasteiger partial charge in [-0.05, 0) is 31.7 Å². The molecule has 0 saturated carbocycles. The van der Waals surface area contributed by atoms with Crippen LogP contribution in [-0.2, 0) is 11.0 Å². The number of piperidine rings is 1. The molecule has 3 amide bonds. The highest BCUT2D eigenvalue weighted by Gasteiger charge is 2.49. The molecular formula is C16H16ClF3N4O4. The fourth-order valence-corrected chi connectivity index (χ4v) is 3.98. The zero-order valence-corrected chi connectivity index (χ0v) is 15.4. The predicted molar refractivity (Wildman–Crippen MR) is 93.1 cm³/mol. The Morgan fingerprint density at radius 2 is 1.89 bits per heavy atom. The van der Waals surface area contributed by atoms with Gasteiger partial charge in [0.15, 0.2) is 0 Å². The van der Waals surface area contributed by atoms with Gasteiger partial charge in [0, 0.05) is 19.2 Å². The summed E-state index contributed by atoms with van der Waals surface area (Å²) >= 11 is 5.73. The summed E-state index contributed by atoms with van der Waals surface area (Å²) in [5.74, 6) is -0.668. The number of halogens is 4. The Balaban J connectivity index is 1.84. The largest absolute Gasteiger partial charge is 0.418 e. The number of hydrogen-bond donors (Lipinski definition) is 2. The number of nitrogens with zero attached hydrogens (tertiary/aromatic N) is 2. The van der Waals surface area contributed by atoms with Crippen molar-refractivity contribution in [2.24, 2.45) is 5.92 Å². The Kier molecular flexibility index (Phi) is 4.90. The first kappa shape index (κ1) is 20.2. The van der Waals surface area contributed by atoms with Crippen molar-refractivity contribution >= 4 is 34.9 Å². The fourth-order valence-electron chi connectivity index (χ4n) is 3.71. The molecule has 0 unspecified atom stereocenters. The molecule has 2 fully saturated rings. The number of urea groups is 1. The van der Waals surface area contributed by atoms with Crippen LogP contribution in [0.25, 0.3) is 0 Å². The third kappa shape index (κ3) is 3.46. The lowest BCUT2D eigenvalue weighted by atomic mass is 9.79. The Morgan fingerprint density at radius 3 is 2.36 bits per heavy atom. The van der Waals surface area contributed by atoms with Crippen molar-refractivity contribution in [1.29, 1.82) is 0 Å². The van der Waals surface area contributed by atoms with E-state index in [4.69, 9.17) is 11.6 Å². The van der Waals surface area contributed by atoms with E-state index in [0.29, 0.717) is 18.9 Å². The maximum absolute atomic E-state index is 13.0. The molecule has 1 aromatic rings. The third-order valence-corrected chi connectivity index (χ3v) is 5.60. The van der Waals surface area contributed by atoms with Gasteiger partial charge in [0.2, 0.25) is 0 Å². The minimum absolute atomic E-state index is 0.00786. The molecule has 0 radical (unpaired) electrons. The average Bonchev–Trinajstić information content (AvgIpc) is 2.86. The van der Waals surface area contributed by atoms with Gasteiger partial charge in [-0.25, -0.2) is 4.79 Å². The molecule has 152 valence electrons. The van der Waals surface area contributed by atoms with Crippen molar-refractivity contribution in [3.63, 3.8) is 0 Å².